The van der Waals surface area contributed by atoms with Gasteiger partial charge >= 0.3 is 0 Å². The standard InChI is InChI=1S/C13H20N6/c1-4-5-6-19-12(16-9-17-19)11-7-14-13(15-8-11)18-10(2)3/h7-10H,4-6H2,1-3H3,(H,14,15,18). The molecule has 0 aromatic carbocycles. The molecule has 1 N–H and O–H groups in total. The van der Waals surface area contributed by atoms with Crippen molar-refractivity contribution in [3.8, 4) is 11.4 Å². The Morgan fingerprint density at radius 1 is 1.21 bits per heavy atom. The lowest BCUT2D eigenvalue weighted by molar-refractivity contribution is 0.576. The molecule has 0 saturated carbocycles. The summed E-state index contributed by atoms with van der Waals surface area (Å²) in [4.78, 5) is 12.9. The molecule has 0 atom stereocenters. The predicted molar refractivity (Wildman–Crippen MR) is 74.7 cm³/mol. The maximum Gasteiger partial charge on any atom is 0.222 e. The quantitative estimate of drug-likeness (QED) is 0.863. The molecule has 0 fully saturated rings. The molecule has 0 bridgehead atoms. The molecule has 0 aliphatic rings. The predicted octanol–water partition coefficient (Wildman–Crippen LogP) is 2.36. The zero-order chi connectivity index (χ0) is 13.7. The van der Waals surface area contributed by atoms with Crippen LogP contribution in [-0.2, 0) is 6.54 Å². The van der Waals surface area contributed by atoms with E-state index >= 15 is 0 Å². The first-order chi connectivity index (χ1) is 9.20. The molecule has 0 aliphatic carbocycles. The third-order valence-electron chi connectivity index (χ3n) is 2.67. The molecule has 2 aromatic rings. The Morgan fingerprint density at radius 2 is 1.95 bits per heavy atom. The van der Waals surface area contributed by atoms with Crippen LogP contribution < -0.4 is 5.32 Å². The first-order valence-electron chi connectivity index (χ1n) is 6.67. The molecule has 6 heteroatoms. The van der Waals surface area contributed by atoms with Gasteiger partial charge in [0.2, 0.25) is 5.95 Å². The molecule has 0 spiro atoms. The molecule has 102 valence electrons. The SMILES string of the molecule is CCCCn1ncnc1-c1cnc(NC(C)C)nc1. The maximum absolute atomic E-state index is 4.29. The molecular weight excluding hydrogens is 240 g/mol. The number of nitrogens with zero attached hydrogens (tertiary/aromatic N) is 5. The number of aromatic nitrogens is 5. The lowest BCUT2D eigenvalue weighted by atomic mass is 10.3. The Bertz CT molecular complexity index is 502. The number of hydrogen-bond donors (Lipinski definition) is 1. The number of hydrogen-bond acceptors (Lipinski definition) is 5. The van der Waals surface area contributed by atoms with Gasteiger partial charge in [-0.25, -0.2) is 19.6 Å². The van der Waals surface area contributed by atoms with Crippen molar-refractivity contribution in [2.75, 3.05) is 5.32 Å². The van der Waals surface area contributed by atoms with E-state index in [9.17, 15) is 0 Å². The van der Waals surface area contributed by atoms with Gasteiger partial charge in [-0.1, -0.05) is 13.3 Å². The fourth-order valence-electron chi connectivity index (χ4n) is 1.74. The first-order valence-corrected chi connectivity index (χ1v) is 6.67. The molecule has 6 nitrogen and oxygen atoms in total. The van der Waals surface area contributed by atoms with Crippen LogP contribution in [0.4, 0.5) is 5.95 Å². The highest BCUT2D eigenvalue weighted by Crippen LogP contribution is 2.15. The molecule has 0 saturated heterocycles. The van der Waals surface area contributed by atoms with Crippen LogP contribution in [-0.4, -0.2) is 30.8 Å². The third kappa shape index (κ3) is 3.49. The van der Waals surface area contributed by atoms with Gasteiger partial charge in [-0.15, -0.1) is 0 Å². The summed E-state index contributed by atoms with van der Waals surface area (Å²) >= 11 is 0. The molecule has 2 aromatic heterocycles. The summed E-state index contributed by atoms with van der Waals surface area (Å²) in [6, 6.07) is 0.319. The van der Waals surface area contributed by atoms with Gasteiger partial charge in [-0.05, 0) is 20.3 Å². The van der Waals surface area contributed by atoms with Crippen LogP contribution in [0.3, 0.4) is 0 Å². The highest BCUT2D eigenvalue weighted by molar-refractivity contribution is 5.52. The summed E-state index contributed by atoms with van der Waals surface area (Å²) < 4.78 is 1.90. The van der Waals surface area contributed by atoms with Crippen LogP contribution in [0.1, 0.15) is 33.6 Å². The van der Waals surface area contributed by atoms with Crippen molar-refractivity contribution in [1.29, 1.82) is 0 Å². The van der Waals surface area contributed by atoms with Crippen molar-refractivity contribution in [2.24, 2.45) is 0 Å². The number of rotatable bonds is 6. The minimum atomic E-state index is 0.319. The van der Waals surface area contributed by atoms with Crippen molar-refractivity contribution >= 4 is 5.95 Å². The van der Waals surface area contributed by atoms with Gasteiger partial charge in [-0.2, -0.15) is 5.10 Å². The molecular formula is C13H20N6. The molecule has 2 rings (SSSR count). The largest absolute Gasteiger partial charge is 0.352 e. The zero-order valence-electron chi connectivity index (χ0n) is 11.7. The van der Waals surface area contributed by atoms with Gasteiger partial charge in [0.1, 0.15) is 6.33 Å². The van der Waals surface area contributed by atoms with Crippen molar-refractivity contribution in [2.45, 2.75) is 46.2 Å². The minimum absolute atomic E-state index is 0.319. The zero-order valence-corrected chi connectivity index (χ0v) is 11.7. The van der Waals surface area contributed by atoms with Gasteiger partial charge in [0, 0.05) is 25.0 Å². The summed E-state index contributed by atoms with van der Waals surface area (Å²) in [6.07, 6.45) is 7.36. The molecule has 19 heavy (non-hydrogen) atoms. The lowest BCUT2D eigenvalue weighted by Crippen LogP contribution is -2.12. The topological polar surface area (TPSA) is 68.5 Å². The summed E-state index contributed by atoms with van der Waals surface area (Å²) in [6.45, 7) is 7.14. The Hall–Kier alpha value is -1.98. The summed E-state index contributed by atoms with van der Waals surface area (Å²) in [5, 5.41) is 7.40. The van der Waals surface area contributed by atoms with E-state index in [0.29, 0.717) is 12.0 Å². The average molecular weight is 260 g/mol. The van der Waals surface area contributed by atoms with Crippen molar-refractivity contribution in [3.63, 3.8) is 0 Å². The van der Waals surface area contributed by atoms with E-state index in [0.717, 1.165) is 30.8 Å². The Balaban J connectivity index is 2.15. The van der Waals surface area contributed by atoms with Gasteiger partial charge in [0.25, 0.3) is 0 Å². The van der Waals surface area contributed by atoms with Crippen LogP contribution in [0.25, 0.3) is 11.4 Å². The van der Waals surface area contributed by atoms with E-state index in [2.05, 4.69) is 46.1 Å². The maximum atomic E-state index is 4.29. The lowest BCUT2D eigenvalue weighted by Gasteiger charge is -2.08. The molecule has 2 heterocycles. The van der Waals surface area contributed by atoms with Crippen LogP contribution in [0.5, 0.6) is 0 Å². The fraction of sp³-hybridized carbons (Fsp3) is 0.538. The Kier molecular flexibility index (Phi) is 4.43. The normalized spacial score (nSPS) is 10.9. The number of anilines is 1. The number of aryl methyl sites for hydroxylation is 1. The van der Waals surface area contributed by atoms with Gasteiger partial charge in [0.05, 0.1) is 5.56 Å². The number of unbranched alkanes of at least 4 members (excludes halogenated alkanes) is 1. The highest BCUT2D eigenvalue weighted by atomic mass is 15.3. The minimum Gasteiger partial charge on any atom is -0.352 e. The van der Waals surface area contributed by atoms with E-state index in [-0.39, 0.29) is 0 Å². The second-order valence-corrected chi connectivity index (χ2v) is 4.75. The molecule has 0 unspecified atom stereocenters. The van der Waals surface area contributed by atoms with E-state index in [1.165, 1.54) is 0 Å². The van der Waals surface area contributed by atoms with Crippen molar-refractivity contribution < 1.29 is 0 Å². The Labute approximate surface area is 113 Å². The summed E-state index contributed by atoms with van der Waals surface area (Å²) in [5.74, 6) is 1.46. The third-order valence-corrected chi connectivity index (χ3v) is 2.67. The second-order valence-electron chi connectivity index (χ2n) is 4.75. The molecule has 0 amide bonds. The van der Waals surface area contributed by atoms with Crippen LogP contribution in [0.2, 0.25) is 0 Å². The van der Waals surface area contributed by atoms with Crippen LogP contribution in [0, 0.1) is 0 Å². The molecule has 0 aliphatic heterocycles. The van der Waals surface area contributed by atoms with E-state index in [1.54, 1.807) is 18.7 Å². The van der Waals surface area contributed by atoms with Gasteiger partial charge in [-0.3, -0.25) is 0 Å². The van der Waals surface area contributed by atoms with Crippen LogP contribution >= 0.6 is 0 Å². The van der Waals surface area contributed by atoms with E-state index < -0.39 is 0 Å². The summed E-state index contributed by atoms with van der Waals surface area (Å²) in [7, 11) is 0. The van der Waals surface area contributed by atoms with Crippen molar-refractivity contribution in [1.82, 2.24) is 24.7 Å². The van der Waals surface area contributed by atoms with Gasteiger partial charge < -0.3 is 5.32 Å². The van der Waals surface area contributed by atoms with E-state index in [1.807, 2.05) is 4.68 Å². The van der Waals surface area contributed by atoms with E-state index in [4.69, 9.17) is 0 Å². The fourth-order valence-corrected chi connectivity index (χ4v) is 1.74. The van der Waals surface area contributed by atoms with Crippen LogP contribution in [0.15, 0.2) is 18.7 Å². The van der Waals surface area contributed by atoms with Gasteiger partial charge in [0.15, 0.2) is 5.82 Å². The smallest absolute Gasteiger partial charge is 0.222 e. The van der Waals surface area contributed by atoms with Crippen molar-refractivity contribution in [3.05, 3.63) is 18.7 Å². The average Bonchev–Trinajstić information content (AvgIpc) is 2.85. The summed E-state index contributed by atoms with van der Waals surface area (Å²) in [5.41, 5.74) is 0.892. The number of nitrogens with one attached hydrogen (secondary N) is 1. The monoisotopic (exact) mass is 260 g/mol. The highest BCUT2D eigenvalue weighted by Gasteiger charge is 2.08. The Morgan fingerprint density at radius 3 is 2.58 bits per heavy atom. The first kappa shape index (κ1) is 13.5. The molecule has 0 radical (unpaired) electrons. The second kappa shape index (κ2) is 6.26.